The van der Waals surface area contributed by atoms with Gasteiger partial charge in [-0.25, -0.2) is 8.42 Å². The Morgan fingerprint density at radius 1 is 1.37 bits per heavy atom. The van der Waals surface area contributed by atoms with Gasteiger partial charge < -0.3 is 9.88 Å². The van der Waals surface area contributed by atoms with E-state index in [0.717, 1.165) is 11.4 Å². The molecule has 1 aliphatic heterocycles. The van der Waals surface area contributed by atoms with Gasteiger partial charge in [0, 0.05) is 29.5 Å². The van der Waals surface area contributed by atoms with Gasteiger partial charge >= 0.3 is 0 Å². The Morgan fingerprint density at radius 3 is 2.63 bits per heavy atom. The van der Waals surface area contributed by atoms with Crippen molar-refractivity contribution in [3.8, 4) is 0 Å². The lowest BCUT2D eigenvalue weighted by Gasteiger charge is -2.20. The van der Waals surface area contributed by atoms with E-state index in [1.54, 1.807) is 11.0 Å². The highest BCUT2D eigenvalue weighted by Gasteiger charge is 2.29. The van der Waals surface area contributed by atoms with Gasteiger partial charge in [-0.05, 0) is 32.9 Å². The van der Waals surface area contributed by atoms with Crippen molar-refractivity contribution >= 4 is 21.5 Å². The van der Waals surface area contributed by atoms with E-state index in [9.17, 15) is 18.0 Å². The van der Waals surface area contributed by atoms with Crippen molar-refractivity contribution in [2.45, 2.75) is 39.8 Å². The number of carbonyl (C=O) groups excluding carboxylic acids is 2. The number of likely N-dealkylation sites (N-methyl/N-ethyl adjacent to an activating group) is 1. The van der Waals surface area contributed by atoms with Crippen LogP contribution < -0.4 is 5.32 Å². The summed E-state index contributed by atoms with van der Waals surface area (Å²) in [7, 11) is -3.03. The monoisotopic (exact) mass is 395 g/mol. The highest BCUT2D eigenvalue weighted by Crippen LogP contribution is 2.16. The normalized spacial score (nSPS) is 18.6. The maximum absolute atomic E-state index is 12.7. The molecular weight excluding hydrogens is 366 g/mol. The van der Waals surface area contributed by atoms with Crippen LogP contribution in [0.4, 0.5) is 0 Å². The second-order valence-electron chi connectivity index (χ2n) is 7.08. The number of nitrogens with zero attached hydrogens (tertiary/aromatic N) is 2. The Labute approximate surface area is 161 Å². The third kappa shape index (κ3) is 5.52. The molecule has 1 saturated heterocycles. The van der Waals surface area contributed by atoms with E-state index in [4.69, 9.17) is 0 Å². The Hall–Kier alpha value is -1.93. The molecule has 1 atom stereocenters. The predicted molar refractivity (Wildman–Crippen MR) is 106 cm³/mol. The number of ketones is 1. The van der Waals surface area contributed by atoms with Crippen molar-refractivity contribution in [2.75, 3.05) is 31.1 Å². The van der Waals surface area contributed by atoms with Gasteiger partial charge in [-0.2, -0.15) is 0 Å². The van der Waals surface area contributed by atoms with Gasteiger partial charge in [0.25, 0.3) is 0 Å². The average Bonchev–Trinajstić information content (AvgIpc) is 3.07. The van der Waals surface area contributed by atoms with E-state index in [-0.39, 0.29) is 42.3 Å². The molecule has 1 fully saturated rings. The molecule has 1 aromatic heterocycles. The molecule has 0 bridgehead atoms. The summed E-state index contributed by atoms with van der Waals surface area (Å²) in [5, 5.41) is 2.77. The molecule has 0 aliphatic carbocycles. The molecule has 0 saturated carbocycles. The topological polar surface area (TPSA) is 88.5 Å². The zero-order valence-electron chi connectivity index (χ0n) is 16.3. The van der Waals surface area contributed by atoms with Crippen LogP contribution in [0.25, 0.3) is 0 Å². The van der Waals surface area contributed by atoms with Gasteiger partial charge in [-0.15, -0.1) is 6.58 Å². The first-order chi connectivity index (χ1) is 12.7. The van der Waals surface area contributed by atoms with Crippen LogP contribution in [0, 0.1) is 13.8 Å². The number of allylic oxidation sites excluding steroid dienone is 1. The third-order valence-corrected chi connectivity index (χ3v) is 6.73. The van der Waals surface area contributed by atoms with E-state index in [0.29, 0.717) is 25.1 Å². The molecule has 0 aromatic carbocycles. The van der Waals surface area contributed by atoms with Crippen molar-refractivity contribution in [2.24, 2.45) is 0 Å². The summed E-state index contributed by atoms with van der Waals surface area (Å²) >= 11 is 0. The number of sulfone groups is 1. The summed E-state index contributed by atoms with van der Waals surface area (Å²) in [5.74, 6) is -0.159. The lowest BCUT2D eigenvalue weighted by atomic mass is 10.1. The molecule has 1 N–H and O–H groups in total. The first-order valence-corrected chi connectivity index (χ1v) is 11.0. The minimum Gasteiger partial charge on any atom is -0.351 e. The molecule has 0 radical (unpaired) electrons. The number of aromatic nitrogens is 1. The fourth-order valence-corrected chi connectivity index (χ4v) is 5.12. The highest BCUT2D eigenvalue weighted by molar-refractivity contribution is 7.91. The fourth-order valence-electron chi connectivity index (χ4n) is 3.45. The lowest BCUT2D eigenvalue weighted by Crippen LogP contribution is -2.44. The third-order valence-electron chi connectivity index (χ3n) is 4.96. The van der Waals surface area contributed by atoms with E-state index in [1.807, 2.05) is 31.4 Å². The quantitative estimate of drug-likeness (QED) is 0.500. The molecule has 150 valence electrons. The molecule has 1 aliphatic rings. The number of hydrogen-bond acceptors (Lipinski definition) is 5. The molecule has 2 heterocycles. The van der Waals surface area contributed by atoms with Crippen LogP contribution in [-0.4, -0.2) is 66.8 Å². The van der Waals surface area contributed by atoms with Gasteiger partial charge in [0.15, 0.2) is 15.6 Å². The molecule has 8 heteroatoms. The van der Waals surface area contributed by atoms with E-state index in [2.05, 4.69) is 11.9 Å². The number of carbonyl (C=O) groups is 2. The summed E-state index contributed by atoms with van der Waals surface area (Å²) in [4.78, 5) is 26.7. The Bertz CT molecular complexity index is 826. The lowest BCUT2D eigenvalue weighted by molar-refractivity contribution is -0.122. The summed E-state index contributed by atoms with van der Waals surface area (Å²) in [6.07, 6.45) is 2.24. The van der Waals surface area contributed by atoms with Crippen LogP contribution in [-0.2, 0) is 21.2 Å². The Kier molecular flexibility index (Phi) is 7.00. The number of hydrogen-bond donors (Lipinski definition) is 1. The Morgan fingerprint density at radius 2 is 2.07 bits per heavy atom. The molecule has 7 nitrogen and oxygen atoms in total. The zero-order chi connectivity index (χ0) is 20.2. The minimum absolute atomic E-state index is 0.000907. The summed E-state index contributed by atoms with van der Waals surface area (Å²) < 4.78 is 25.0. The summed E-state index contributed by atoms with van der Waals surface area (Å²) in [6.45, 7) is 10.9. The fraction of sp³-hybridized carbons (Fsp3) is 0.579. The molecule has 0 spiro atoms. The molecule has 27 heavy (non-hydrogen) atoms. The van der Waals surface area contributed by atoms with Crippen molar-refractivity contribution in [3.63, 3.8) is 0 Å². The molecule has 1 aromatic rings. The van der Waals surface area contributed by atoms with Gasteiger partial charge in [-0.3, -0.25) is 14.5 Å². The molecule has 1 amide bonds. The number of amides is 1. The number of nitrogens with one attached hydrogen (secondary N) is 1. The zero-order valence-corrected chi connectivity index (χ0v) is 17.1. The van der Waals surface area contributed by atoms with Crippen LogP contribution in [0.2, 0.25) is 0 Å². The van der Waals surface area contributed by atoms with Crippen LogP contribution in [0.1, 0.15) is 35.1 Å². The standard InChI is InChI=1S/C19H29N3O4S/c1-5-8-22-14(3)10-17(15(22)4)18(23)11-21(6-2)12-19(24)20-16-7-9-27(25,26)13-16/h5,10,16H,1,6-9,11-13H2,2-4H3,(H,20,24)/t16-/m1/s1. The van der Waals surface area contributed by atoms with Gasteiger partial charge in [0.2, 0.25) is 5.91 Å². The van der Waals surface area contributed by atoms with Crippen LogP contribution >= 0.6 is 0 Å². The molecule has 0 unspecified atom stereocenters. The largest absolute Gasteiger partial charge is 0.351 e. The number of aryl methyl sites for hydroxylation is 1. The van der Waals surface area contributed by atoms with Gasteiger partial charge in [0.1, 0.15) is 0 Å². The van der Waals surface area contributed by atoms with Crippen molar-refractivity contribution in [3.05, 3.63) is 35.7 Å². The van der Waals surface area contributed by atoms with E-state index >= 15 is 0 Å². The highest BCUT2D eigenvalue weighted by atomic mass is 32.2. The van der Waals surface area contributed by atoms with E-state index in [1.165, 1.54) is 0 Å². The van der Waals surface area contributed by atoms with Gasteiger partial charge in [0.05, 0.1) is 24.6 Å². The summed E-state index contributed by atoms with van der Waals surface area (Å²) in [5.41, 5.74) is 2.56. The van der Waals surface area contributed by atoms with Crippen LogP contribution in [0.3, 0.4) is 0 Å². The van der Waals surface area contributed by atoms with Crippen molar-refractivity contribution in [1.82, 2.24) is 14.8 Å². The van der Waals surface area contributed by atoms with Gasteiger partial charge in [-0.1, -0.05) is 13.0 Å². The van der Waals surface area contributed by atoms with Crippen molar-refractivity contribution < 1.29 is 18.0 Å². The Balaban J connectivity index is 1.96. The van der Waals surface area contributed by atoms with E-state index < -0.39 is 9.84 Å². The second-order valence-corrected chi connectivity index (χ2v) is 9.31. The van der Waals surface area contributed by atoms with Crippen LogP contribution in [0.15, 0.2) is 18.7 Å². The smallest absolute Gasteiger partial charge is 0.234 e. The predicted octanol–water partition coefficient (Wildman–Crippen LogP) is 1.10. The number of rotatable bonds is 9. The second kappa shape index (κ2) is 8.84. The summed E-state index contributed by atoms with van der Waals surface area (Å²) in [6, 6.07) is 1.55. The minimum atomic E-state index is -3.03. The molecular formula is C19H29N3O4S. The maximum atomic E-state index is 12.7. The first-order valence-electron chi connectivity index (χ1n) is 9.19. The number of Topliss-reactive ketones (excluding diaryl/α,β-unsaturated/α-hetero) is 1. The van der Waals surface area contributed by atoms with Crippen LogP contribution in [0.5, 0.6) is 0 Å². The maximum Gasteiger partial charge on any atom is 0.234 e. The molecule has 2 rings (SSSR count). The SMILES string of the molecule is C=CCn1c(C)cc(C(=O)CN(CC)CC(=O)N[C@@H]2CCS(=O)(=O)C2)c1C. The van der Waals surface area contributed by atoms with Crippen molar-refractivity contribution in [1.29, 1.82) is 0 Å². The first kappa shape index (κ1) is 21.4. The average molecular weight is 396 g/mol.